The Morgan fingerprint density at radius 2 is 2.00 bits per heavy atom. The molecule has 1 saturated carbocycles. The second-order valence-electron chi connectivity index (χ2n) is 7.62. The number of aryl methyl sites for hydroxylation is 1. The highest BCUT2D eigenvalue weighted by Crippen LogP contribution is 2.39. The molecule has 26 heavy (non-hydrogen) atoms. The molecule has 0 bridgehead atoms. The van der Waals surface area contributed by atoms with Gasteiger partial charge in [0.05, 0.1) is 29.3 Å². The zero-order chi connectivity index (χ0) is 18.1. The van der Waals surface area contributed by atoms with Crippen LogP contribution in [0.3, 0.4) is 0 Å². The molecule has 2 aliphatic rings. The topological polar surface area (TPSA) is 73.2 Å². The van der Waals surface area contributed by atoms with Gasteiger partial charge in [0.2, 0.25) is 5.91 Å². The fourth-order valence-corrected chi connectivity index (χ4v) is 4.40. The van der Waals surface area contributed by atoms with Crippen molar-refractivity contribution in [2.75, 3.05) is 6.61 Å². The van der Waals surface area contributed by atoms with Gasteiger partial charge in [-0.05, 0) is 32.3 Å². The molecule has 4 rings (SSSR count). The van der Waals surface area contributed by atoms with Gasteiger partial charge < -0.3 is 10.1 Å². The van der Waals surface area contributed by atoms with E-state index >= 15 is 0 Å². The van der Waals surface area contributed by atoms with Crippen LogP contribution >= 0.6 is 0 Å². The summed E-state index contributed by atoms with van der Waals surface area (Å²) in [6.45, 7) is 2.35. The van der Waals surface area contributed by atoms with Crippen LogP contribution in [-0.2, 0) is 16.1 Å². The number of nitrogens with zero attached hydrogens (tertiary/aromatic N) is 2. The van der Waals surface area contributed by atoms with Gasteiger partial charge in [0.25, 0.3) is 5.56 Å². The molecule has 1 aliphatic carbocycles. The number of hydrogen-bond acceptors (Lipinski definition) is 4. The number of amides is 1. The van der Waals surface area contributed by atoms with Crippen molar-refractivity contribution in [3.05, 3.63) is 40.3 Å². The van der Waals surface area contributed by atoms with Gasteiger partial charge in [-0.3, -0.25) is 9.59 Å². The van der Waals surface area contributed by atoms with Crippen molar-refractivity contribution in [1.29, 1.82) is 0 Å². The lowest BCUT2D eigenvalue weighted by Crippen LogP contribution is -2.41. The molecule has 138 valence electrons. The van der Waals surface area contributed by atoms with E-state index in [1.54, 1.807) is 6.07 Å². The lowest BCUT2D eigenvalue weighted by Gasteiger charge is -2.32. The van der Waals surface area contributed by atoms with Gasteiger partial charge in [0, 0.05) is 5.39 Å². The van der Waals surface area contributed by atoms with E-state index in [9.17, 15) is 9.59 Å². The maximum atomic E-state index is 12.6. The Morgan fingerprint density at radius 1 is 1.27 bits per heavy atom. The first-order valence-corrected chi connectivity index (χ1v) is 9.46. The first kappa shape index (κ1) is 17.2. The van der Waals surface area contributed by atoms with E-state index in [1.807, 2.05) is 25.1 Å². The molecule has 0 radical (unpaired) electrons. The number of carbonyl (C=O) groups excluding carboxylic acids is 1. The Morgan fingerprint density at radius 3 is 2.77 bits per heavy atom. The van der Waals surface area contributed by atoms with Crippen molar-refractivity contribution in [1.82, 2.24) is 15.1 Å². The summed E-state index contributed by atoms with van der Waals surface area (Å²) in [6.07, 6.45) is 6.73. The zero-order valence-corrected chi connectivity index (χ0v) is 15.2. The normalized spacial score (nSPS) is 22.0. The Balaban J connectivity index is 1.45. The van der Waals surface area contributed by atoms with E-state index in [4.69, 9.17) is 4.74 Å². The van der Waals surface area contributed by atoms with E-state index in [-0.39, 0.29) is 29.7 Å². The number of ether oxygens (including phenoxy) is 1. The van der Waals surface area contributed by atoms with Crippen LogP contribution in [0.25, 0.3) is 10.8 Å². The number of aromatic nitrogens is 2. The summed E-state index contributed by atoms with van der Waals surface area (Å²) in [6, 6.07) is 7.39. The van der Waals surface area contributed by atoms with Crippen LogP contribution in [0.2, 0.25) is 0 Å². The third-order valence-corrected chi connectivity index (χ3v) is 5.68. The van der Waals surface area contributed by atoms with Crippen LogP contribution in [0.15, 0.2) is 29.1 Å². The molecule has 1 aliphatic heterocycles. The lowest BCUT2D eigenvalue weighted by atomic mass is 9.82. The van der Waals surface area contributed by atoms with Crippen LogP contribution in [-0.4, -0.2) is 33.9 Å². The largest absolute Gasteiger partial charge is 0.373 e. The van der Waals surface area contributed by atoms with Gasteiger partial charge in [-0.1, -0.05) is 37.5 Å². The first-order chi connectivity index (χ1) is 12.6. The first-order valence-electron chi connectivity index (χ1n) is 9.46. The molecular formula is C20H25N3O3. The molecule has 6 nitrogen and oxygen atoms in total. The van der Waals surface area contributed by atoms with Crippen LogP contribution < -0.4 is 10.9 Å². The Kier molecular flexibility index (Phi) is 4.53. The number of benzene rings is 1. The molecule has 6 heteroatoms. The van der Waals surface area contributed by atoms with Crippen molar-refractivity contribution in [2.24, 2.45) is 0 Å². The van der Waals surface area contributed by atoms with E-state index in [2.05, 4.69) is 10.4 Å². The van der Waals surface area contributed by atoms with Gasteiger partial charge in [0.15, 0.2) is 0 Å². The molecular weight excluding hydrogens is 330 g/mol. The molecule has 2 aromatic rings. The molecule has 1 amide bonds. The molecule has 1 saturated heterocycles. The van der Waals surface area contributed by atoms with Gasteiger partial charge in [-0.25, -0.2) is 4.68 Å². The number of fused-ring (bicyclic) bond motifs is 1. The second-order valence-corrected chi connectivity index (χ2v) is 7.62. The van der Waals surface area contributed by atoms with E-state index < -0.39 is 0 Å². The van der Waals surface area contributed by atoms with Crippen molar-refractivity contribution in [3.8, 4) is 0 Å². The SMILES string of the molecule is Cc1nn(CC(=O)NC2COC3(CCCCC3)C2)c(=O)c2ccccc12. The molecule has 1 aromatic heterocycles. The highest BCUT2D eigenvalue weighted by Gasteiger charge is 2.41. The zero-order valence-electron chi connectivity index (χ0n) is 15.2. The smallest absolute Gasteiger partial charge is 0.275 e. The van der Waals surface area contributed by atoms with Crippen molar-refractivity contribution in [3.63, 3.8) is 0 Å². The fourth-order valence-electron chi connectivity index (χ4n) is 4.40. The Hall–Kier alpha value is -2.21. The van der Waals surface area contributed by atoms with Crippen LogP contribution in [0, 0.1) is 6.92 Å². The van der Waals surface area contributed by atoms with Crippen LogP contribution in [0.1, 0.15) is 44.2 Å². The monoisotopic (exact) mass is 355 g/mol. The molecule has 2 heterocycles. The minimum absolute atomic E-state index is 0.0258. The van der Waals surface area contributed by atoms with Crippen molar-refractivity contribution in [2.45, 2.75) is 63.6 Å². The maximum absolute atomic E-state index is 12.6. The van der Waals surface area contributed by atoms with E-state index in [0.717, 1.165) is 30.3 Å². The van der Waals surface area contributed by atoms with Gasteiger partial charge in [-0.15, -0.1) is 0 Å². The fraction of sp³-hybridized carbons (Fsp3) is 0.550. The molecule has 1 unspecified atom stereocenters. The van der Waals surface area contributed by atoms with Crippen LogP contribution in [0.4, 0.5) is 0 Å². The quantitative estimate of drug-likeness (QED) is 0.917. The van der Waals surface area contributed by atoms with Crippen LogP contribution in [0.5, 0.6) is 0 Å². The van der Waals surface area contributed by atoms with Gasteiger partial charge in [0.1, 0.15) is 6.54 Å². The molecule has 1 N–H and O–H groups in total. The van der Waals surface area contributed by atoms with E-state index in [1.165, 1.54) is 23.9 Å². The number of hydrogen-bond donors (Lipinski definition) is 1. The lowest BCUT2D eigenvalue weighted by molar-refractivity contribution is -0.122. The minimum atomic E-state index is -0.229. The summed E-state index contributed by atoms with van der Waals surface area (Å²) >= 11 is 0. The third kappa shape index (κ3) is 3.26. The van der Waals surface area contributed by atoms with Gasteiger partial charge >= 0.3 is 0 Å². The average molecular weight is 355 g/mol. The third-order valence-electron chi connectivity index (χ3n) is 5.68. The second kappa shape index (κ2) is 6.83. The number of rotatable bonds is 3. The molecule has 1 spiro atoms. The highest BCUT2D eigenvalue weighted by atomic mass is 16.5. The standard InChI is InChI=1S/C20H25N3O3/c1-14-16-7-3-4-8-17(16)19(25)23(22-14)12-18(24)21-15-11-20(26-13-15)9-5-2-6-10-20/h3-4,7-8,15H,2,5-6,9-13H2,1H3,(H,21,24). The maximum Gasteiger partial charge on any atom is 0.275 e. The predicted octanol–water partition coefficient (Wildman–Crippen LogP) is 2.31. The Bertz CT molecular complexity index is 883. The summed E-state index contributed by atoms with van der Waals surface area (Å²) in [5.74, 6) is -0.184. The molecule has 2 fully saturated rings. The van der Waals surface area contributed by atoms with Crippen molar-refractivity contribution < 1.29 is 9.53 Å². The van der Waals surface area contributed by atoms with Gasteiger partial charge in [-0.2, -0.15) is 5.10 Å². The number of carbonyl (C=O) groups is 1. The summed E-state index contributed by atoms with van der Waals surface area (Å²) in [4.78, 5) is 25.1. The molecule has 1 atom stereocenters. The highest BCUT2D eigenvalue weighted by molar-refractivity contribution is 5.83. The predicted molar refractivity (Wildman–Crippen MR) is 99.1 cm³/mol. The van der Waals surface area contributed by atoms with Crippen molar-refractivity contribution >= 4 is 16.7 Å². The summed E-state index contributed by atoms with van der Waals surface area (Å²) in [5.41, 5.74) is 0.483. The molecule has 1 aromatic carbocycles. The summed E-state index contributed by atoms with van der Waals surface area (Å²) in [7, 11) is 0. The number of nitrogens with one attached hydrogen (secondary N) is 1. The van der Waals surface area contributed by atoms with E-state index in [0.29, 0.717) is 12.0 Å². The average Bonchev–Trinajstić information content (AvgIpc) is 3.01. The Labute approximate surface area is 152 Å². The minimum Gasteiger partial charge on any atom is -0.373 e. The summed E-state index contributed by atoms with van der Waals surface area (Å²) < 4.78 is 7.31. The summed E-state index contributed by atoms with van der Waals surface area (Å²) in [5, 5.41) is 8.77.